The molecule has 2 aromatic rings. The van der Waals surface area contributed by atoms with Crippen molar-refractivity contribution in [1.82, 2.24) is 0 Å². The van der Waals surface area contributed by atoms with Gasteiger partial charge in [-0.05, 0) is 35.7 Å². The van der Waals surface area contributed by atoms with E-state index in [4.69, 9.17) is 16.3 Å². The Labute approximate surface area is 160 Å². The molecule has 1 saturated heterocycles. The van der Waals surface area contributed by atoms with Gasteiger partial charge in [-0.15, -0.1) is 0 Å². The van der Waals surface area contributed by atoms with Crippen LogP contribution in [-0.2, 0) is 9.53 Å². The number of carbonyl (C=O) groups is 1. The number of anilines is 2. The summed E-state index contributed by atoms with van der Waals surface area (Å²) in [5.41, 5.74) is 2.87. The van der Waals surface area contributed by atoms with Crippen molar-refractivity contribution in [3.05, 3.63) is 59.1 Å². The molecule has 1 heterocycles. The summed E-state index contributed by atoms with van der Waals surface area (Å²) < 4.78 is 5.44. The predicted molar refractivity (Wildman–Crippen MR) is 107 cm³/mol. The van der Waals surface area contributed by atoms with E-state index in [0.29, 0.717) is 18.2 Å². The molecule has 1 fully saturated rings. The minimum atomic E-state index is -0.231. The number of hydrogen-bond acceptors (Lipinski definition) is 3. The van der Waals surface area contributed by atoms with E-state index in [9.17, 15) is 4.79 Å². The molecule has 26 heavy (non-hydrogen) atoms. The Balaban J connectivity index is 1.82. The molecule has 5 heteroatoms. The monoisotopic (exact) mass is 372 g/mol. The van der Waals surface area contributed by atoms with Crippen molar-refractivity contribution < 1.29 is 9.53 Å². The van der Waals surface area contributed by atoms with Crippen molar-refractivity contribution in [3.63, 3.8) is 0 Å². The zero-order valence-corrected chi connectivity index (χ0v) is 16.0. The summed E-state index contributed by atoms with van der Waals surface area (Å²) in [6.45, 7) is 7.21. The van der Waals surface area contributed by atoms with Crippen LogP contribution in [-0.4, -0.2) is 32.2 Å². The number of nitrogens with one attached hydrogen (secondary N) is 1. The third kappa shape index (κ3) is 4.37. The van der Waals surface area contributed by atoms with E-state index in [1.165, 1.54) is 0 Å². The second kappa shape index (κ2) is 8.56. The van der Waals surface area contributed by atoms with Crippen LogP contribution in [0.2, 0.25) is 5.02 Å². The first-order chi connectivity index (χ1) is 12.6. The second-order valence-electron chi connectivity index (χ2n) is 6.88. The number of amides is 1. The molecule has 1 atom stereocenters. The molecule has 0 bridgehead atoms. The lowest BCUT2D eigenvalue weighted by Crippen LogP contribution is -2.37. The molecule has 1 unspecified atom stereocenters. The maximum Gasteiger partial charge on any atom is 0.232 e. The van der Waals surface area contributed by atoms with Gasteiger partial charge in [0.1, 0.15) is 0 Å². The smallest absolute Gasteiger partial charge is 0.232 e. The Morgan fingerprint density at radius 2 is 1.73 bits per heavy atom. The van der Waals surface area contributed by atoms with E-state index < -0.39 is 0 Å². The molecule has 2 aromatic carbocycles. The van der Waals surface area contributed by atoms with Crippen LogP contribution in [0.3, 0.4) is 0 Å². The fourth-order valence-corrected chi connectivity index (χ4v) is 3.50. The van der Waals surface area contributed by atoms with Gasteiger partial charge in [-0.1, -0.05) is 49.7 Å². The third-order valence-corrected chi connectivity index (χ3v) is 4.94. The molecule has 0 aromatic heterocycles. The summed E-state index contributed by atoms with van der Waals surface area (Å²) >= 11 is 6.00. The molecule has 138 valence electrons. The number of morpholine rings is 1. The van der Waals surface area contributed by atoms with Crippen LogP contribution in [0.4, 0.5) is 11.4 Å². The molecule has 0 saturated carbocycles. The number of ether oxygens (including phenoxy) is 1. The summed E-state index contributed by atoms with van der Waals surface area (Å²) in [6.07, 6.45) is 0. The predicted octanol–water partition coefficient (Wildman–Crippen LogP) is 4.55. The van der Waals surface area contributed by atoms with Crippen molar-refractivity contribution in [2.45, 2.75) is 19.8 Å². The average Bonchev–Trinajstić information content (AvgIpc) is 2.64. The van der Waals surface area contributed by atoms with Crippen LogP contribution >= 0.6 is 11.6 Å². The molecule has 1 N–H and O–H groups in total. The molecule has 1 aliphatic rings. The molecule has 1 aliphatic heterocycles. The van der Waals surface area contributed by atoms with Crippen molar-refractivity contribution in [3.8, 4) is 0 Å². The minimum Gasteiger partial charge on any atom is -0.378 e. The number of nitrogens with zero attached hydrogens (tertiary/aromatic N) is 1. The Hall–Kier alpha value is -2.04. The second-order valence-corrected chi connectivity index (χ2v) is 7.32. The van der Waals surface area contributed by atoms with Crippen molar-refractivity contribution in [1.29, 1.82) is 0 Å². The SMILES string of the molecule is CC(C)C(C(=O)Nc1ccccc1N1CCOCC1)c1ccc(Cl)cc1. The maximum atomic E-state index is 13.1. The van der Waals surface area contributed by atoms with Gasteiger partial charge in [0.2, 0.25) is 5.91 Å². The lowest BCUT2D eigenvalue weighted by atomic mass is 9.87. The van der Waals surface area contributed by atoms with Gasteiger partial charge in [-0.2, -0.15) is 0 Å². The Morgan fingerprint density at radius 3 is 2.38 bits per heavy atom. The zero-order valence-electron chi connectivity index (χ0n) is 15.2. The number of benzene rings is 2. The molecule has 3 rings (SSSR count). The molecule has 4 nitrogen and oxygen atoms in total. The van der Waals surface area contributed by atoms with Gasteiger partial charge in [0, 0.05) is 18.1 Å². The van der Waals surface area contributed by atoms with E-state index >= 15 is 0 Å². The summed E-state index contributed by atoms with van der Waals surface area (Å²) in [7, 11) is 0. The van der Waals surface area contributed by atoms with Crippen LogP contribution in [0.25, 0.3) is 0 Å². The molecular weight excluding hydrogens is 348 g/mol. The van der Waals surface area contributed by atoms with Gasteiger partial charge in [-0.25, -0.2) is 0 Å². The highest BCUT2D eigenvalue weighted by molar-refractivity contribution is 6.30. The largest absolute Gasteiger partial charge is 0.378 e. The van der Waals surface area contributed by atoms with Crippen molar-refractivity contribution in [2.24, 2.45) is 5.92 Å². The maximum absolute atomic E-state index is 13.1. The fraction of sp³-hybridized carbons (Fsp3) is 0.381. The molecule has 0 spiro atoms. The van der Waals surface area contributed by atoms with Gasteiger partial charge in [0.25, 0.3) is 0 Å². The van der Waals surface area contributed by atoms with Crippen LogP contribution in [0.15, 0.2) is 48.5 Å². The average molecular weight is 373 g/mol. The molecular formula is C21H25ClN2O2. The van der Waals surface area contributed by atoms with Gasteiger partial charge in [0.05, 0.1) is 30.5 Å². The lowest BCUT2D eigenvalue weighted by Gasteiger charge is -2.31. The Bertz CT molecular complexity index is 740. The highest BCUT2D eigenvalue weighted by Crippen LogP contribution is 2.31. The standard InChI is InChI=1S/C21H25ClN2O2/c1-15(2)20(16-7-9-17(22)10-8-16)21(25)23-18-5-3-4-6-19(18)24-11-13-26-14-12-24/h3-10,15,20H,11-14H2,1-2H3,(H,23,25). The quantitative estimate of drug-likeness (QED) is 0.836. The van der Waals surface area contributed by atoms with E-state index in [1.54, 1.807) is 0 Å². The first kappa shape index (κ1) is 18.7. The summed E-state index contributed by atoms with van der Waals surface area (Å²) in [5.74, 6) is -0.0558. The van der Waals surface area contributed by atoms with Crippen molar-refractivity contribution >= 4 is 28.9 Å². The summed E-state index contributed by atoms with van der Waals surface area (Å²) in [4.78, 5) is 15.3. The van der Waals surface area contributed by atoms with Crippen LogP contribution in [0, 0.1) is 5.92 Å². The topological polar surface area (TPSA) is 41.6 Å². The van der Waals surface area contributed by atoms with Gasteiger partial charge in [-0.3, -0.25) is 4.79 Å². The van der Waals surface area contributed by atoms with E-state index in [0.717, 1.165) is 30.0 Å². The van der Waals surface area contributed by atoms with Gasteiger partial charge in [0.15, 0.2) is 0 Å². The van der Waals surface area contributed by atoms with E-state index in [1.807, 2.05) is 48.5 Å². The number of para-hydroxylation sites is 2. The van der Waals surface area contributed by atoms with Crippen LogP contribution < -0.4 is 10.2 Å². The zero-order chi connectivity index (χ0) is 18.5. The Kier molecular flexibility index (Phi) is 6.17. The fourth-order valence-electron chi connectivity index (χ4n) is 3.38. The normalized spacial score (nSPS) is 15.8. The van der Waals surface area contributed by atoms with Gasteiger partial charge >= 0.3 is 0 Å². The number of hydrogen-bond donors (Lipinski definition) is 1. The summed E-state index contributed by atoms with van der Waals surface area (Å²) in [5, 5.41) is 3.82. The van der Waals surface area contributed by atoms with Crippen molar-refractivity contribution in [2.75, 3.05) is 36.5 Å². The number of carbonyl (C=O) groups excluding carboxylic acids is 1. The van der Waals surface area contributed by atoms with Gasteiger partial charge < -0.3 is 15.0 Å². The highest BCUT2D eigenvalue weighted by Gasteiger charge is 2.25. The third-order valence-electron chi connectivity index (χ3n) is 4.69. The summed E-state index contributed by atoms with van der Waals surface area (Å²) in [6, 6.07) is 15.5. The van der Waals surface area contributed by atoms with Crippen LogP contribution in [0.1, 0.15) is 25.3 Å². The highest BCUT2D eigenvalue weighted by atomic mass is 35.5. The molecule has 0 aliphatic carbocycles. The lowest BCUT2D eigenvalue weighted by molar-refractivity contribution is -0.118. The first-order valence-electron chi connectivity index (χ1n) is 9.04. The first-order valence-corrected chi connectivity index (χ1v) is 9.42. The van der Waals surface area contributed by atoms with E-state index in [2.05, 4.69) is 24.1 Å². The Morgan fingerprint density at radius 1 is 1.08 bits per heavy atom. The number of rotatable bonds is 5. The van der Waals surface area contributed by atoms with E-state index in [-0.39, 0.29) is 17.7 Å². The molecule has 0 radical (unpaired) electrons. The minimum absolute atomic E-state index is 0.00281. The molecule has 1 amide bonds. The van der Waals surface area contributed by atoms with Crippen LogP contribution in [0.5, 0.6) is 0 Å². The number of halogens is 1.